The third kappa shape index (κ3) is 1.60. The molecule has 2 aromatic heterocycles. The van der Waals surface area contributed by atoms with E-state index < -0.39 is 0 Å². The van der Waals surface area contributed by atoms with Crippen LogP contribution in [0.2, 0.25) is 0 Å². The van der Waals surface area contributed by atoms with E-state index in [1.165, 1.54) is 6.20 Å². The van der Waals surface area contributed by atoms with E-state index in [0.717, 1.165) is 0 Å². The van der Waals surface area contributed by atoms with Crippen LogP contribution >= 0.6 is 0 Å². The number of fused-ring (bicyclic) bond motifs is 1. The number of hydrogen-bond donors (Lipinski definition) is 0. The van der Waals surface area contributed by atoms with Crippen molar-refractivity contribution in [3.63, 3.8) is 0 Å². The Bertz CT molecular complexity index is 519. The number of aromatic nitrogens is 2. The Morgan fingerprint density at radius 1 is 1.56 bits per heavy atom. The summed E-state index contributed by atoms with van der Waals surface area (Å²) in [5, 5.41) is 4.07. The number of ether oxygens (including phenoxy) is 2. The molecule has 0 radical (unpaired) electrons. The number of carbonyl (C=O) groups excluding carboxylic acids is 1. The number of pyridine rings is 1. The standard InChI is InChI=1S/C11H12N2O3/c1-3-16-11(14)8-7-12-13-6-4-5-9(15-2)10(8)13/h4-7H,3H2,1-2H3. The summed E-state index contributed by atoms with van der Waals surface area (Å²) in [7, 11) is 1.55. The zero-order valence-electron chi connectivity index (χ0n) is 9.14. The van der Waals surface area contributed by atoms with Gasteiger partial charge in [0.25, 0.3) is 0 Å². The summed E-state index contributed by atoms with van der Waals surface area (Å²) in [6, 6.07) is 3.58. The Balaban J connectivity index is 2.58. The molecule has 0 N–H and O–H groups in total. The van der Waals surface area contributed by atoms with Crippen molar-refractivity contribution >= 4 is 11.5 Å². The summed E-state index contributed by atoms with van der Waals surface area (Å²) in [5.41, 5.74) is 1.04. The molecule has 5 heteroatoms. The van der Waals surface area contributed by atoms with Gasteiger partial charge in [-0.05, 0) is 19.1 Å². The Kier molecular flexibility index (Phi) is 2.76. The first-order valence-corrected chi connectivity index (χ1v) is 4.95. The lowest BCUT2D eigenvalue weighted by Crippen LogP contribution is -2.04. The van der Waals surface area contributed by atoms with Gasteiger partial charge >= 0.3 is 5.97 Å². The molecule has 2 aromatic rings. The molecule has 0 saturated carbocycles. The molecular formula is C11H12N2O3. The summed E-state index contributed by atoms with van der Waals surface area (Å²) in [5.74, 6) is 0.213. The lowest BCUT2D eigenvalue weighted by Gasteiger charge is -2.04. The fraction of sp³-hybridized carbons (Fsp3) is 0.273. The molecule has 0 atom stereocenters. The third-order valence-corrected chi connectivity index (χ3v) is 2.22. The quantitative estimate of drug-likeness (QED) is 0.736. The second-order valence-electron chi connectivity index (χ2n) is 3.15. The van der Waals surface area contributed by atoms with Gasteiger partial charge in [0.1, 0.15) is 16.8 Å². The van der Waals surface area contributed by atoms with E-state index in [0.29, 0.717) is 23.4 Å². The molecule has 0 bridgehead atoms. The number of carbonyl (C=O) groups is 1. The van der Waals surface area contributed by atoms with Gasteiger partial charge in [-0.25, -0.2) is 9.31 Å². The molecular weight excluding hydrogens is 208 g/mol. The molecule has 84 valence electrons. The van der Waals surface area contributed by atoms with Crippen molar-refractivity contribution in [1.82, 2.24) is 9.61 Å². The van der Waals surface area contributed by atoms with Crippen LogP contribution in [0.3, 0.4) is 0 Å². The molecule has 0 unspecified atom stereocenters. The van der Waals surface area contributed by atoms with Gasteiger partial charge in [-0.2, -0.15) is 5.10 Å². The van der Waals surface area contributed by atoms with Crippen molar-refractivity contribution in [3.8, 4) is 5.75 Å². The van der Waals surface area contributed by atoms with Gasteiger partial charge < -0.3 is 9.47 Å². The highest BCUT2D eigenvalue weighted by molar-refractivity contribution is 5.98. The smallest absolute Gasteiger partial charge is 0.342 e. The largest absolute Gasteiger partial charge is 0.494 e. The van der Waals surface area contributed by atoms with Crippen LogP contribution in [0.5, 0.6) is 5.75 Å². The van der Waals surface area contributed by atoms with Crippen LogP contribution in [-0.2, 0) is 4.74 Å². The first kappa shape index (κ1) is 10.5. The third-order valence-electron chi connectivity index (χ3n) is 2.22. The molecule has 0 saturated heterocycles. The molecule has 0 aliphatic heterocycles. The van der Waals surface area contributed by atoms with Gasteiger partial charge in [0.15, 0.2) is 0 Å². The molecule has 0 aliphatic rings. The average molecular weight is 220 g/mol. The molecule has 16 heavy (non-hydrogen) atoms. The minimum absolute atomic E-state index is 0.339. The summed E-state index contributed by atoms with van der Waals surface area (Å²) < 4.78 is 11.7. The fourth-order valence-electron chi connectivity index (χ4n) is 1.53. The zero-order chi connectivity index (χ0) is 11.5. The number of methoxy groups -OCH3 is 1. The average Bonchev–Trinajstić information content (AvgIpc) is 2.72. The molecule has 5 nitrogen and oxygen atoms in total. The van der Waals surface area contributed by atoms with Crippen LogP contribution in [0.1, 0.15) is 17.3 Å². The van der Waals surface area contributed by atoms with Gasteiger partial charge in [0.05, 0.1) is 19.9 Å². The Labute approximate surface area is 92.6 Å². The van der Waals surface area contributed by atoms with E-state index >= 15 is 0 Å². The van der Waals surface area contributed by atoms with Gasteiger partial charge in [0, 0.05) is 6.20 Å². The Morgan fingerprint density at radius 3 is 3.06 bits per heavy atom. The second kappa shape index (κ2) is 4.22. The highest BCUT2D eigenvalue weighted by Crippen LogP contribution is 2.23. The topological polar surface area (TPSA) is 52.8 Å². The molecule has 0 fully saturated rings. The van der Waals surface area contributed by atoms with Crippen molar-refractivity contribution in [1.29, 1.82) is 0 Å². The highest BCUT2D eigenvalue weighted by Gasteiger charge is 2.16. The Hall–Kier alpha value is -2.04. The van der Waals surface area contributed by atoms with Crippen LogP contribution in [-0.4, -0.2) is 29.3 Å². The van der Waals surface area contributed by atoms with Gasteiger partial charge in [-0.1, -0.05) is 0 Å². The lowest BCUT2D eigenvalue weighted by atomic mass is 10.2. The minimum Gasteiger partial charge on any atom is -0.494 e. The molecule has 0 aromatic carbocycles. The highest BCUT2D eigenvalue weighted by atomic mass is 16.5. The fourth-order valence-corrected chi connectivity index (χ4v) is 1.53. The summed E-state index contributed by atoms with van der Waals surface area (Å²) in [6.07, 6.45) is 3.23. The number of esters is 1. The first-order valence-electron chi connectivity index (χ1n) is 4.95. The normalized spacial score (nSPS) is 10.4. The van der Waals surface area contributed by atoms with E-state index in [-0.39, 0.29) is 5.97 Å². The predicted octanol–water partition coefficient (Wildman–Crippen LogP) is 1.52. The van der Waals surface area contributed by atoms with E-state index in [4.69, 9.17) is 9.47 Å². The second-order valence-corrected chi connectivity index (χ2v) is 3.15. The molecule has 2 rings (SSSR count). The van der Waals surface area contributed by atoms with Crippen LogP contribution in [0.4, 0.5) is 0 Å². The monoisotopic (exact) mass is 220 g/mol. The maximum absolute atomic E-state index is 11.7. The van der Waals surface area contributed by atoms with E-state index in [9.17, 15) is 4.79 Å². The maximum atomic E-state index is 11.7. The Morgan fingerprint density at radius 2 is 2.38 bits per heavy atom. The van der Waals surface area contributed by atoms with E-state index in [1.54, 1.807) is 36.9 Å². The van der Waals surface area contributed by atoms with Crippen LogP contribution in [0.15, 0.2) is 24.5 Å². The molecule has 0 spiro atoms. The predicted molar refractivity (Wildman–Crippen MR) is 57.7 cm³/mol. The minimum atomic E-state index is -0.387. The van der Waals surface area contributed by atoms with Crippen molar-refractivity contribution in [3.05, 3.63) is 30.1 Å². The van der Waals surface area contributed by atoms with Gasteiger partial charge in [0.2, 0.25) is 0 Å². The number of nitrogens with zero attached hydrogens (tertiary/aromatic N) is 2. The van der Waals surface area contributed by atoms with E-state index in [1.807, 2.05) is 0 Å². The first-order chi connectivity index (χ1) is 7.77. The van der Waals surface area contributed by atoms with Crippen molar-refractivity contribution in [2.24, 2.45) is 0 Å². The van der Waals surface area contributed by atoms with Gasteiger partial charge in [-0.3, -0.25) is 0 Å². The maximum Gasteiger partial charge on any atom is 0.342 e. The van der Waals surface area contributed by atoms with Crippen molar-refractivity contribution < 1.29 is 14.3 Å². The lowest BCUT2D eigenvalue weighted by molar-refractivity contribution is 0.0528. The van der Waals surface area contributed by atoms with E-state index in [2.05, 4.69) is 5.10 Å². The number of rotatable bonds is 3. The van der Waals surface area contributed by atoms with Crippen molar-refractivity contribution in [2.75, 3.05) is 13.7 Å². The zero-order valence-corrected chi connectivity index (χ0v) is 9.14. The summed E-state index contributed by atoms with van der Waals surface area (Å²) >= 11 is 0. The van der Waals surface area contributed by atoms with Crippen LogP contribution in [0.25, 0.3) is 5.52 Å². The van der Waals surface area contributed by atoms with Crippen molar-refractivity contribution in [2.45, 2.75) is 6.92 Å². The summed E-state index contributed by atoms with van der Waals surface area (Å²) in [4.78, 5) is 11.7. The molecule has 0 amide bonds. The van der Waals surface area contributed by atoms with Crippen LogP contribution < -0.4 is 4.74 Å². The SMILES string of the molecule is CCOC(=O)c1cnn2cccc(OC)c12. The molecule has 0 aliphatic carbocycles. The number of hydrogen-bond acceptors (Lipinski definition) is 4. The summed E-state index contributed by atoms with van der Waals surface area (Å²) in [6.45, 7) is 2.10. The van der Waals surface area contributed by atoms with Crippen LogP contribution in [0, 0.1) is 0 Å². The van der Waals surface area contributed by atoms with Gasteiger partial charge in [-0.15, -0.1) is 0 Å². The molecule has 2 heterocycles.